The maximum atomic E-state index is 12.5. The summed E-state index contributed by atoms with van der Waals surface area (Å²) in [4.78, 5) is 14.2. The molecule has 1 unspecified atom stereocenters. The molecule has 4 nitrogen and oxygen atoms in total. The number of ether oxygens (including phenoxy) is 1. The highest BCUT2D eigenvalue weighted by atomic mass is 35.5. The Morgan fingerprint density at radius 3 is 2.84 bits per heavy atom. The van der Waals surface area contributed by atoms with E-state index in [1.165, 1.54) is 24.2 Å². The van der Waals surface area contributed by atoms with Crippen molar-refractivity contribution in [2.24, 2.45) is 5.92 Å². The number of hydrogen-bond acceptors (Lipinski definition) is 4. The number of thiophene rings is 1. The number of nitrogens with one attached hydrogen (secondary N) is 2. The van der Waals surface area contributed by atoms with Gasteiger partial charge in [0.05, 0.1) is 7.11 Å². The van der Waals surface area contributed by atoms with Crippen LogP contribution in [0.15, 0.2) is 36.4 Å². The third kappa shape index (κ3) is 5.21. The van der Waals surface area contributed by atoms with Crippen LogP contribution in [0.2, 0.25) is 0 Å². The number of amides is 1. The van der Waals surface area contributed by atoms with Gasteiger partial charge < -0.3 is 15.4 Å². The molecular formula is C19H25ClN2O2S. The van der Waals surface area contributed by atoms with E-state index in [4.69, 9.17) is 4.74 Å². The Labute approximate surface area is 159 Å². The van der Waals surface area contributed by atoms with E-state index in [-0.39, 0.29) is 18.3 Å². The summed E-state index contributed by atoms with van der Waals surface area (Å²) >= 11 is 1.48. The normalized spacial score (nSPS) is 16.8. The molecule has 0 radical (unpaired) electrons. The van der Waals surface area contributed by atoms with E-state index >= 15 is 0 Å². The second kappa shape index (κ2) is 9.80. The molecule has 0 spiro atoms. The van der Waals surface area contributed by atoms with Crippen LogP contribution < -0.4 is 15.4 Å². The Balaban J connectivity index is 0.00000225. The number of piperidine rings is 1. The van der Waals surface area contributed by atoms with E-state index in [9.17, 15) is 4.79 Å². The standard InChI is InChI=1S/C19H24N2O2S.ClH/c1-23-16-12-17(15-7-3-2-4-8-15)24-18(16)19(22)21-11-9-14-6-5-10-20-13-14;/h2-4,7-8,12,14,20H,5-6,9-11,13H2,1H3,(H,21,22);1H. The molecule has 1 saturated heterocycles. The Bertz CT molecular complexity index is 669. The molecule has 6 heteroatoms. The number of methoxy groups -OCH3 is 1. The number of hydrogen-bond donors (Lipinski definition) is 2. The third-order valence-corrected chi connectivity index (χ3v) is 5.58. The molecule has 1 fully saturated rings. The van der Waals surface area contributed by atoms with Gasteiger partial charge in [0.2, 0.25) is 0 Å². The van der Waals surface area contributed by atoms with Crippen molar-refractivity contribution in [1.82, 2.24) is 10.6 Å². The number of halogens is 1. The summed E-state index contributed by atoms with van der Waals surface area (Å²) in [5, 5.41) is 6.46. The van der Waals surface area contributed by atoms with E-state index < -0.39 is 0 Å². The SMILES string of the molecule is COc1cc(-c2ccccc2)sc1C(=O)NCCC1CCCNC1.Cl. The van der Waals surface area contributed by atoms with E-state index in [0.29, 0.717) is 23.1 Å². The minimum atomic E-state index is -0.0391. The molecule has 1 aliphatic heterocycles. The summed E-state index contributed by atoms with van der Waals surface area (Å²) in [6.45, 7) is 2.90. The van der Waals surface area contributed by atoms with Gasteiger partial charge in [0.15, 0.2) is 0 Å². The average Bonchev–Trinajstić information content (AvgIpc) is 3.08. The van der Waals surface area contributed by atoms with Crippen molar-refractivity contribution in [3.05, 3.63) is 41.3 Å². The molecule has 0 saturated carbocycles. The molecule has 136 valence electrons. The van der Waals surface area contributed by atoms with Crippen molar-refractivity contribution in [2.75, 3.05) is 26.7 Å². The van der Waals surface area contributed by atoms with E-state index in [1.807, 2.05) is 36.4 Å². The number of carbonyl (C=O) groups is 1. The maximum Gasteiger partial charge on any atom is 0.265 e. The van der Waals surface area contributed by atoms with Crippen molar-refractivity contribution < 1.29 is 9.53 Å². The van der Waals surface area contributed by atoms with E-state index in [0.717, 1.165) is 30.0 Å². The fourth-order valence-corrected chi connectivity index (χ4v) is 4.12. The summed E-state index contributed by atoms with van der Waals surface area (Å²) in [5.41, 5.74) is 1.10. The van der Waals surface area contributed by atoms with Crippen molar-refractivity contribution in [1.29, 1.82) is 0 Å². The molecule has 0 aliphatic carbocycles. The lowest BCUT2D eigenvalue weighted by Gasteiger charge is -2.22. The van der Waals surface area contributed by atoms with Gasteiger partial charge >= 0.3 is 0 Å². The Hall–Kier alpha value is -1.56. The van der Waals surface area contributed by atoms with E-state index in [1.54, 1.807) is 7.11 Å². The fraction of sp³-hybridized carbons (Fsp3) is 0.421. The second-order valence-electron chi connectivity index (χ2n) is 6.13. The van der Waals surface area contributed by atoms with Crippen LogP contribution in [0.25, 0.3) is 10.4 Å². The predicted molar refractivity (Wildman–Crippen MR) is 106 cm³/mol. The molecule has 1 aromatic carbocycles. The maximum absolute atomic E-state index is 12.5. The van der Waals surface area contributed by atoms with Crippen LogP contribution in [0.3, 0.4) is 0 Å². The molecule has 25 heavy (non-hydrogen) atoms. The zero-order chi connectivity index (χ0) is 16.8. The van der Waals surface area contributed by atoms with Gasteiger partial charge in [0, 0.05) is 11.4 Å². The lowest BCUT2D eigenvalue weighted by Crippen LogP contribution is -2.33. The van der Waals surface area contributed by atoms with Gasteiger partial charge in [0.1, 0.15) is 10.6 Å². The molecule has 1 aromatic heterocycles. The Morgan fingerprint density at radius 2 is 2.16 bits per heavy atom. The average molecular weight is 381 g/mol. The van der Waals surface area contributed by atoms with Gasteiger partial charge in [-0.1, -0.05) is 30.3 Å². The second-order valence-corrected chi connectivity index (χ2v) is 7.18. The van der Waals surface area contributed by atoms with Gasteiger partial charge in [-0.2, -0.15) is 0 Å². The smallest absolute Gasteiger partial charge is 0.265 e. The van der Waals surface area contributed by atoms with Crippen LogP contribution in [0, 0.1) is 5.92 Å². The first kappa shape index (κ1) is 19.8. The highest BCUT2D eigenvalue weighted by Gasteiger charge is 2.18. The zero-order valence-electron chi connectivity index (χ0n) is 14.4. The molecule has 2 aromatic rings. The van der Waals surface area contributed by atoms with Gasteiger partial charge in [-0.15, -0.1) is 23.7 Å². The van der Waals surface area contributed by atoms with Crippen LogP contribution in [0.5, 0.6) is 5.75 Å². The summed E-state index contributed by atoms with van der Waals surface area (Å²) in [6.07, 6.45) is 3.51. The van der Waals surface area contributed by atoms with Gasteiger partial charge in [-0.25, -0.2) is 0 Å². The summed E-state index contributed by atoms with van der Waals surface area (Å²) in [5.74, 6) is 1.28. The van der Waals surface area contributed by atoms with Crippen LogP contribution in [0.4, 0.5) is 0 Å². The predicted octanol–water partition coefficient (Wildman–Crippen LogP) is 3.97. The Kier molecular flexibility index (Phi) is 7.75. The minimum Gasteiger partial charge on any atom is -0.495 e. The first-order valence-corrected chi connectivity index (χ1v) is 9.31. The number of rotatable bonds is 6. The van der Waals surface area contributed by atoms with Crippen molar-refractivity contribution in [3.63, 3.8) is 0 Å². The highest BCUT2D eigenvalue weighted by Crippen LogP contribution is 2.36. The van der Waals surface area contributed by atoms with Crippen molar-refractivity contribution in [3.8, 4) is 16.2 Å². The largest absolute Gasteiger partial charge is 0.495 e. The van der Waals surface area contributed by atoms with E-state index in [2.05, 4.69) is 10.6 Å². The highest BCUT2D eigenvalue weighted by molar-refractivity contribution is 7.17. The molecule has 0 bridgehead atoms. The molecular weight excluding hydrogens is 356 g/mol. The van der Waals surface area contributed by atoms with Crippen LogP contribution in [-0.4, -0.2) is 32.7 Å². The number of carbonyl (C=O) groups excluding carboxylic acids is 1. The first-order valence-electron chi connectivity index (χ1n) is 8.50. The van der Waals surface area contributed by atoms with Gasteiger partial charge in [0.25, 0.3) is 5.91 Å². The molecule has 1 amide bonds. The minimum absolute atomic E-state index is 0. The zero-order valence-corrected chi connectivity index (χ0v) is 16.1. The quantitative estimate of drug-likeness (QED) is 0.797. The summed E-state index contributed by atoms with van der Waals surface area (Å²) < 4.78 is 5.40. The topological polar surface area (TPSA) is 50.4 Å². The molecule has 3 rings (SSSR count). The van der Waals surface area contributed by atoms with Crippen molar-refractivity contribution >= 4 is 29.7 Å². The number of benzene rings is 1. The van der Waals surface area contributed by atoms with Crippen LogP contribution in [-0.2, 0) is 0 Å². The molecule has 2 heterocycles. The Morgan fingerprint density at radius 1 is 1.36 bits per heavy atom. The summed E-state index contributed by atoms with van der Waals surface area (Å²) in [7, 11) is 1.61. The lowest BCUT2D eigenvalue weighted by atomic mass is 9.96. The third-order valence-electron chi connectivity index (χ3n) is 4.42. The lowest BCUT2D eigenvalue weighted by molar-refractivity contribution is 0.0952. The van der Waals surface area contributed by atoms with Crippen LogP contribution in [0.1, 0.15) is 28.9 Å². The van der Waals surface area contributed by atoms with Crippen molar-refractivity contribution in [2.45, 2.75) is 19.3 Å². The van der Waals surface area contributed by atoms with Gasteiger partial charge in [-0.05, 0) is 49.9 Å². The summed E-state index contributed by atoms with van der Waals surface area (Å²) in [6, 6.07) is 12.0. The molecule has 1 atom stereocenters. The van der Waals surface area contributed by atoms with Gasteiger partial charge in [-0.3, -0.25) is 4.79 Å². The molecule has 1 aliphatic rings. The van der Waals surface area contributed by atoms with Crippen LogP contribution >= 0.6 is 23.7 Å². The monoisotopic (exact) mass is 380 g/mol. The molecule has 2 N–H and O–H groups in total. The first-order chi connectivity index (χ1) is 11.8. The fourth-order valence-electron chi connectivity index (χ4n) is 3.07.